The predicted octanol–water partition coefficient (Wildman–Crippen LogP) is 3.18. The fraction of sp³-hybridized carbons (Fsp3) is 0.467. The zero-order valence-corrected chi connectivity index (χ0v) is 14.5. The Balaban J connectivity index is 1.64. The molecule has 24 heavy (non-hydrogen) atoms. The molecule has 1 saturated heterocycles. The first-order chi connectivity index (χ1) is 11.3. The molecule has 2 atom stereocenters. The summed E-state index contributed by atoms with van der Waals surface area (Å²) in [6.07, 6.45) is 1.01. The second kappa shape index (κ2) is 6.79. The maximum Gasteiger partial charge on any atom is 0.277 e. The third kappa shape index (κ3) is 4.13. The fourth-order valence-corrected chi connectivity index (χ4v) is 5.39. The van der Waals surface area contributed by atoms with Gasteiger partial charge >= 0.3 is 0 Å². The predicted molar refractivity (Wildman–Crippen MR) is 85.4 cm³/mol. The second-order valence-corrected chi connectivity index (χ2v) is 9.38. The van der Waals surface area contributed by atoms with E-state index in [1.54, 1.807) is 6.92 Å². The van der Waals surface area contributed by atoms with Crippen LogP contribution in [0.5, 0.6) is 0 Å². The van der Waals surface area contributed by atoms with Gasteiger partial charge in [-0.05, 0) is 37.5 Å². The molecule has 130 valence electrons. The van der Waals surface area contributed by atoms with E-state index in [4.69, 9.17) is 4.42 Å². The topological polar surface area (TPSA) is 73.1 Å². The molecule has 1 aromatic heterocycles. The van der Waals surface area contributed by atoms with Crippen LogP contribution in [0.25, 0.3) is 0 Å². The summed E-state index contributed by atoms with van der Waals surface area (Å²) in [7, 11) is -2.94. The highest BCUT2D eigenvalue weighted by atomic mass is 32.2. The van der Waals surface area contributed by atoms with Crippen molar-refractivity contribution in [3.8, 4) is 0 Å². The number of nitrogens with zero attached hydrogens (tertiary/aromatic N) is 2. The Labute approximate surface area is 142 Å². The van der Waals surface area contributed by atoms with Gasteiger partial charge in [0.1, 0.15) is 11.6 Å². The first-order valence-electron chi connectivity index (χ1n) is 7.47. The maximum atomic E-state index is 13.8. The normalized spacial score (nSPS) is 21.0. The Kier molecular flexibility index (Phi) is 4.91. The number of hydrogen-bond acceptors (Lipinski definition) is 6. The minimum atomic E-state index is -2.94. The van der Waals surface area contributed by atoms with Gasteiger partial charge in [-0.1, -0.05) is 11.8 Å². The molecule has 1 fully saturated rings. The number of rotatable bonds is 5. The molecule has 1 aromatic carbocycles. The highest BCUT2D eigenvalue weighted by molar-refractivity contribution is 7.99. The number of thioether (sulfide) groups is 1. The van der Waals surface area contributed by atoms with Crippen molar-refractivity contribution >= 4 is 21.6 Å². The van der Waals surface area contributed by atoms with Gasteiger partial charge in [0.15, 0.2) is 9.84 Å². The average Bonchev–Trinajstić information content (AvgIpc) is 3.08. The molecular weight excluding hydrogens is 358 g/mol. The van der Waals surface area contributed by atoms with E-state index in [0.717, 1.165) is 30.0 Å². The lowest BCUT2D eigenvalue weighted by Crippen LogP contribution is -2.07. The summed E-state index contributed by atoms with van der Waals surface area (Å²) in [6, 6.07) is 3.30. The Bertz CT molecular complexity index is 839. The van der Waals surface area contributed by atoms with Gasteiger partial charge in [-0.15, -0.1) is 10.2 Å². The zero-order chi connectivity index (χ0) is 17.3. The van der Waals surface area contributed by atoms with Crippen molar-refractivity contribution < 1.29 is 21.6 Å². The van der Waals surface area contributed by atoms with E-state index in [0.29, 0.717) is 18.7 Å². The van der Waals surface area contributed by atoms with Crippen molar-refractivity contribution in [3.63, 3.8) is 0 Å². The molecule has 0 saturated carbocycles. The van der Waals surface area contributed by atoms with Gasteiger partial charge in [0.25, 0.3) is 5.22 Å². The molecule has 2 heterocycles. The van der Waals surface area contributed by atoms with E-state index in [9.17, 15) is 17.2 Å². The molecule has 0 spiro atoms. The van der Waals surface area contributed by atoms with E-state index in [1.807, 2.05) is 0 Å². The van der Waals surface area contributed by atoms with Gasteiger partial charge in [0.05, 0.1) is 11.5 Å². The summed E-state index contributed by atoms with van der Waals surface area (Å²) in [6.45, 7) is 1.72. The third-order valence-electron chi connectivity index (χ3n) is 3.91. The number of hydrogen-bond donors (Lipinski definition) is 0. The summed E-state index contributed by atoms with van der Waals surface area (Å²) < 4.78 is 55.5. The maximum absolute atomic E-state index is 13.8. The van der Waals surface area contributed by atoms with Crippen LogP contribution in [0.1, 0.15) is 30.0 Å². The Morgan fingerprint density at radius 2 is 2.17 bits per heavy atom. The van der Waals surface area contributed by atoms with Crippen LogP contribution in [-0.4, -0.2) is 30.1 Å². The van der Waals surface area contributed by atoms with Crippen LogP contribution in [0.2, 0.25) is 0 Å². The SMILES string of the molecule is C[C@@H](Sc1nnc(C[C@@H]2CCS(=O)(=O)C2)o1)c1cc(F)ccc1F. The Morgan fingerprint density at radius 3 is 2.88 bits per heavy atom. The molecule has 0 N–H and O–H groups in total. The van der Waals surface area contributed by atoms with Gasteiger partial charge in [0, 0.05) is 17.2 Å². The minimum absolute atomic E-state index is 0.00797. The highest BCUT2D eigenvalue weighted by Crippen LogP contribution is 2.35. The number of sulfone groups is 1. The lowest BCUT2D eigenvalue weighted by atomic mass is 10.1. The van der Waals surface area contributed by atoms with Crippen LogP contribution in [0.3, 0.4) is 0 Å². The molecule has 1 aliphatic heterocycles. The molecule has 0 amide bonds. The molecule has 0 unspecified atom stereocenters. The minimum Gasteiger partial charge on any atom is -0.416 e. The van der Waals surface area contributed by atoms with Crippen molar-refractivity contribution in [1.82, 2.24) is 10.2 Å². The van der Waals surface area contributed by atoms with Crippen LogP contribution in [0, 0.1) is 17.6 Å². The Hall–Kier alpha value is -1.48. The first-order valence-corrected chi connectivity index (χ1v) is 10.2. The monoisotopic (exact) mass is 374 g/mol. The van der Waals surface area contributed by atoms with Gasteiger partial charge in [-0.3, -0.25) is 0 Å². The second-order valence-electron chi connectivity index (χ2n) is 5.86. The van der Waals surface area contributed by atoms with Crippen LogP contribution in [0.4, 0.5) is 8.78 Å². The summed E-state index contributed by atoms with van der Waals surface area (Å²) in [5, 5.41) is 7.66. The van der Waals surface area contributed by atoms with Crippen LogP contribution in [0.15, 0.2) is 27.8 Å². The van der Waals surface area contributed by atoms with E-state index in [1.165, 1.54) is 0 Å². The highest BCUT2D eigenvalue weighted by Gasteiger charge is 2.29. The van der Waals surface area contributed by atoms with E-state index in [-0.39, 0.29) is 28.2 Å². The summed E-state index contributed by atoms with van der Waals surface area (Å²) in [5.41, 5.74) is 0.224. The largest absolute Gasteiger partial charge is 0.416 e. The number of benzene rings is 1. The van der Waals surface area contributed by atoms with Crippen molar-refractivity contribution in [1.29, 1.82) is 0 Å². The smallest absolute Gasteiger partial charge is 0.277 e. The van der Waals surface area contributed by atoms with Crippen molar-refractivity contribution in [2.24, 2.45) is 5.92 Å². The fourth-order valence-electron chi connectivity index (χ4n) is 2.69. The average molecular weight is 374 g/mol. The third-order valence-corrected chi connectivity index (χ3v) is 6.72. The van der Waals surface area contributed by atoms with E-state index in [2.05, 4.69) is 10.2 Å². The number of halogens is 2. The van der Waals surface area contributed by atoms with Crippen LogP contribution < -0.4 is 0 Å². The van der Waals surface area contributed by atoms with Gasteiger partial charge < -0.3 is 4.42 Å². The van der Waals surface area contributed by atoms with Crippen molar-refractivity contribution in [3.05, 3.63) is 41.3 Å². The van der Waals surface area contributed by atoms with Gasteiger partial charge in [-0.2, -0.15) is 0 Å². The van der Waals surface area contributed by atoms with Crippen LogP contribution in [-0.2, 0) is 16.3 Å². The van der Waals surface area contributed by atoms with Crippen LogP contribution >= 0.6 is 11.8 Å². The molecule has 5 nitrogen and oxygen atoms in total. The van der Waals surface area contributed by atoms with Crippen molar-refractivity contribution in [2.45, 2.75) is 30.2 Å². The molecular formula is C15H16F2N2O3S2. The molecule has 2 aromatic rings. The lowest BCUT2D eigenvalue weighted by Gasteiger charge is -2.09. The first kappa shape index (κ1) is 17.3. The lowest BCUT2D eigenvalue weighted by molar-refractivity contribution is 0.389. The summed E-state index contributed by atoms with van der Waals surface area (Å²) >= 11 is 1.13. The molecule has 1 aliphatic rings. The molecule has 9 heteroatoms. The van der Waals surface area contributed by atoms with Crippen molar-refractivity contribution in [2.75, 3.05) is 11.5 Å². The quantitative estimate of drug-likeness (QED) is 0.749. The van der Waals surface area contributed by atoms with Gasteiger partial charge in [0.2, 0.25) is 5.89 Å². The Morgan fingerprint density at radius 1 is 1.38 bits per heavy atom. The van der Waals surface area contributed by atoms with E-state index >= 15 is 0 Å². The summed E-state index contributed by atoms with van der Waals surface area (Å²) in [5.74, 6) is -0.302. The standard InChI is InChI=1S/C15H16F2N2O3S2/c1-9(12-7-11(16)2-3-13(12)17)23-15-19-18-14(22-15)6-10-4-5-24(20,21)8-10/h2-3,7,9-10H,4-6,8H2,1H3/t9-,10+/m1/s1. The molecule has 0 bridgehead atoms. The van der Waals surface area contributed by atoms with Gasteiger partial charge in [-0.25, -0.2) is 17.2 Å². The summed E-state index contributed by atoms with van der Waals surface area (Å²) in [4.78, 5) is 0. The number of aromatic nitrogens is 2. The molecule has 0 aliphatic carbocycles. The molecule has 0 radical (unpaired) electrons. The van der Waals surface area contributed by atoms with E-state index < -0.39 is 26.7 Å². The zero-order valence-electron chi connectivity index (χ0n) is 12.9. The molecule has 3 rings (SSSR count).